The summed E-state index contributed by atoms with van der Waals surface area (Å²) >= 11 is 7.68. The minimum Gasteiger partial charge on any atom is -0.343 e. The van der Waals surface area contributed by atoms with Gasteiger partial charge in [-0.1, -0.05) is 48.5 Å². The standard InChI is InChI=1S/C24H26ClN3O2S/c1-17-11-13-27(14-12-17)22(29)10-5-15-31-24-26-21-9-3-2-8-20(21)23(30)28(24)19-7-4-6-18(25)16-19/h2-4,6-9,16-17H,5,10-15H2,1H3. The van der Waals surface area contributed by atoms with Gasteiger partial charge in [-0.2, -0.15) is 0 Å². The van der Waals surface area contributed by atoms with Gasteiger partial charge in [0.1, 0.15) is 0 Å². The van der Waals surface area contributed by atoms with E-state index in [0.29, 0.717) is 44.9 Å². The number of fused-ring (bicyclic) bond motifs is 1. The summed E-state index contributed by atoms with van der Waals surface area (Å²) in [4.78, 5) is 32.5. The van der Waals surface area contributed by atoms with E-state index in [4.69, 9.17) is 16.6 Å². The van der Waals surface area contributed by atoms with Crippen molar-refractivity contribution in [1.29, 1.82) is 0 Å². The molecule has 1 fully saturated rings. The van der Waals surface area contributed by atoms with E-state index < -0.39 is 0 Å². The van der Waals surface area contributed by atoms with Gasteiger partial charge in [-0.3, -0.25) is 14.2 Å². The normalized spacial score (nSPS) is 14.8. The number of piperidine rings is 1. The fraction of sp³-hybridized carbons (Fsp3) is 0.375. The summed E-state index contributed by atoms with van der Waals surface area (Å²) in [6, 6.07) is 14.6. The second-order valence-corrected chi connectivity index (χ2v) is 9.55. The van der Waals surface area contributed by atoms with Crippen molar-refractivity contribution in [2.75, 3.05) is 18.8 Å². The lowest BCUT2D eigenvalue weighted by atomic mass is 9.99. The Morgan fingerprint density at radius 3 is 2.71 bits per heavy atom. The van der Waals surface area contributed by atoms with Crippen molar-refractivity contribution < 1.29 is 4.79 Å². The molecule has 1 saturated heterocycles. The quantitative estimate of drug-likeness (QED) is 0.292. The van der Waals surface area contributed by atoms with Crippen LogP contribution in [0, 0.1) is 5.92 Å². The number of carbonyl (C=O) groups is 1. The van der Waals surface area contributed by atoms with E-state index in [1.807, 2.05) is 35.2 Å². The molecule has 0 saturated carbocycles. The van der Waals surface area contributed by atoms with Crippen molar-refractivity contribution >= 4 is 40.2 Å². The van der Waals surface area contributed by atoms with E-state index in [-0.39, 0.29) is 11.5 Å². The molecule has 1 amide bonds. The summed E-state index contributed by atoms with van der Waals surface area (Å²) in [5, 5.41) is 1.75. The predicted octanol–water partition coefficient (Wildman–Crippen LogP) is 5.17. The van der Waals surface area contributed by atoms with Crippen LogP contribution >= 0.6 is 23.4 Å². The maximum atomic E-state index is 13.2. The monoisotopic (exact) mass is 455 g/mol. The number of rotatable bonds is 6. The third-order valence-electron chi connectivity index (χ3n) is 5.71. The van der Waals surface area contributed by atoms with Gasteiger partial charge >= 0.3 is 0 Å². The molecular weight excluding hydrogens is 430 g/mol. The highest BCUT2D eigenvalue weighted by atomic mass is 35.5. The number of carbonyl (C=O) groups excluding carboxylic acids is 1. The molecule has 0 spiro atoms. The first-order valence-electron chi connectivity index (χ1n) is 10.7. The fourth-order valence-electron chi connectivity index (χ4n) is 3.86. The Hall–Kier alpha value is -2.31. The zero-order chi connectivity index (χ0) is 21.8. The van der Waals surface area contributed by atoms with Crippen molar-refractivity contribution in [2.24, 2.45) is 5.92 Å². The summed E-state index contributed by atoms with van der Waals surface area (Å²) < 4.78 is 1.62. The largest absolute Gasteiger partial charge is 0.343 e. The SMILES string of the molecule is CC1CCN(C(=O)CCCSc2nc3ccccc3c(=O)n2-c2cccc(Cl)c2)CC1. The first-order valence-corrected chi connectivity index (χ1v) is 12.1. The molecule has 4 rings (SSSR count). The third-order valence-corrected chi connectivity index (χ3v) is 6.97. The van der Waals surface area contributed by atoms with Gasteiger partial charge in [-0.05, 0) is 55.5 Å². The van der Waals surface area contributed by atoms with Crippen LogP contribution in [-0.2, 0) is 4.79 Å². The zero-order valence-corrected chi connectivity index (χ0v) is 19.2. The molecule has 0 unspecified atom stereocenters. The van der Waals surface area contributed by atoms with Gasteiger partial charge in [0.15, 0.2) is 5.16 Å². The van der Waals surface area contributed by atoms with Gasteiger partial charge in [0.2, 0.25) is 5.91 Å². The van der Waals surface area contributed by atoms with Crippen LogP contribution in [-0.4, -0.2) is 39.2 Å². The molecule has 0 aliphatic carbocycles. The average Bonchev–Trinajstić information content (AvgIpc) is 2.77. The summed E-state index contributed by atoms with van der Waals surface area (Å²) in [5.74, 6) is 1.65. The van der Waals surface area contributed by atoms with Crippen LogP contribution in [0.4, 0.5) is 0 Å². The molecule has 0 atom stereocenters. The molecule has 1 aliphatic heterocycles. The van der Waals surface area contributed by atoms with E-state index in [2.05, 4.69) is 6.92 Å². The van der Waals surface area contributed by atoms with Crippen molar-refractivity contribution in [3.63, 3.8) is 0 Å². The van der Waals surface area contributed by atoms with Crippen LogP contribution in [0.1, 0.15) is 32.6 Å². The molecule has 0 radical (unpaired) electrons. The van der Waals surface area contributed by atoms with Gasteiger partial charge in [0.25, 0.3) is 5.56 Å². The third kappa shape index (κ3) is 5.13. The number of hydrogen-bond acceptors (Lipinski definition) is 4. The Kier molecular flexibility index (Phi) is 6.98. The van der Waals surface area contributed by atoms with Crippen LogP contribution in [0.25, 0.3) is 16.6 Å². The molecule has 31 heavy (non-hydrogen) atoms. The highest BCUT2D eigenvalue weighted by Gasteiger charge is 2.20. The number of amides is 1. The summed E-state index contributed by atoms with van der Waals surface area (Å²) in [5.41, 5.74) is 1.25. The number of nitrogens with zero attached hydrogens (tertiary/aromatic N) is 3. The molecule has 162 valence electrons. The highest BCUT2D eigenvalue weighted by Crippen LogP contribution is 2.24. The lowest BCUT2D eigenvalue weighted by Crippen LogP contribution is -2.37. The van der Waals surface area contributed by atoms with Crippen molar-refractivity contribution in [1.82, 2.24) is 14.5 Å². The van der Waals surface area contributed by atoms with Crippen LogP contribution in [0.3, 0.4) is 0 Å². The average molecular weight is 456 g/mol. The maximum absolute atomic E-state index is 13.2. The van der Waals surface area contributed by atoms with E-state index in [9.17, 15) is 9.59 Å². The van der Waals surface area contributed by atoms with Crippen molar-refractivity contribution in [2.45, 2.75) is 37.8 Å². The first kappa shape index (κ1) is 21.9. The van der Waals surface area contributed by atoms with E-state index in [0.717, 1.165) is 32.4 Å². The van der Waals surface area contributed by atoms with Crippen molar-refractivity contribution in [3.8, 4) is 5.69 Å². The molecule has 3 aromatic rings. The summed E-state index contributed by atoms with van der Waals surface area (Å²) in [6.45, 7) is 3.98. The molecule has 0 bridgehead atoms. The smallest absolute Gasteiger partial charge is 0.266 e. The van der Waals surface area contributed by atoms with Crippen LogP contribution in [0.15, 0.2) is 58.5 Å². The summed E-state index contributed by atoms with van der Waals surface area (Å²) in [6.07, 6.45) is 3.45. The molecular formula is C24H26ClN3O2S. The van der Waals surface area contributed by atoms with Gasteiger partial charge in [0.05, 0.1) is 16.6 Å². The Balaban J connectivity index is 1.51. The summed E-state index contributed by atoms with van der Waals surface area (Å²) in [7, 11) is 0. The zero-order valence-electron chi connectivity index (χ0n) is 17.6. The molecule has 7 heteroatoms. The Labute approximate surface area is 191 Å². The number of benzene rings is 2. The Bertz CT molecular complexity index is 1140. The lowest BCUT2D eigenvalue weighted by Gasteiger charge is -2.30. The first-order chi connectivity index (χ1) is 15.0. The number of para-hydroxylation sites is 1. The Morgan fingerprint density at radius 1 is 1.16 bits per heavy atom. The van der Waals surface area contributed by atoms with E-state index >= 15 is 0 Å². The van der Waals surface area contributed by atoms with Crippen LogP contribution in [0.2, 0.25) is 5.02 Å². The molecule has 2 heterocycles. The molecule has 5 nitrogen and oxygen atoms in total. The molecule has 1 aliphatic rings. The number of likely N-dealkylation sites (tertiary alicyclic amines) is 1. The van der Waals surface area contributed by atoms with Gasteiger partial charge in [-0.25, -0.2) is 4.98 Å². The highest BCUT2D eigenvalue weighted by molar-refractivity contribution is 7.99. The number of aromatic nitrogens is 2. The maximum Gasteiger partial charge on any atom is 0.266 e. The molecule has 1 aromatic heterocycles. The Morgan fingerprint density at radius 2 is 1.94 bits per heavy atom. The molecule has 0 N–H and O–H groups in total. The second kappa shape index (κ2) is 9.88. The second-order valence-electron chi connectivity index (χ2n) is 8.05. The number of hydrogen-bond donors (Lipinski definition) is 0. The van der Waals surface area contributed by atoms with Crippen molar-refractivity contribution in [3.05, 3.63) is 63.9 Å². The van der Waals surface area contributed by atoms with Crippen LogP contribution < -0.4 is 5.56 Å². The van der Waals surface area contributed by atoms with Gasteiger partial charge < -0.3 is 4.90 Å². The predicted molar refractivity (Wildman–Crippen MR) is 127 cm³/mol. The van der Waals surface area contributed by atoms with Gasteiger partial charge in [0, 0.05) is 30.3 Å². The van der Waals surface area contributed by atoms with E-state index in [1.54, 1.807) is 22.8 Å². The van der Waals surface area contributed by atoms with Crippen LogP contribution in [0.5, 0.6) is 0 Å². The molecule has 2 aromatic carbocycles. The minimum absolute atomic E-state index is 0.117. The minimum atomic E-state index is -0.117. The fourth-order valence-corrected chi connectivity index (χ4v) is 4.99. The number of thioether (sulfide) groups is 1. The lowest BCUT2D eigenvalue weighted by molar-refractivity contribution is -0.132. The number of halogens is 1. The topological polar surface area (TPSA) is 55.2 Å². The van der Waals surface area contributed by atoms with Gasteiger partial charge in [-0.15, -0.1) is 0 Å². The van der Waals surface area contributed by atoms with E-state index in [1.165, 1.54) is 11.8 Å².